The molecule has 0 saturated carbocycles. The number of carbonyl (C=O) groups is 2. The van der Waals surface area contributed by atoms with Gasteiger partial charge in [-0.2, -0.15) is 0 Å². The van der Waals surface area contributed by atoms with E-state index in [0.29, 0.717) is 31.5 Å². The van der Waals surface area contributed by atoms with Gasteiger partial charge in [0.25, 0.3) is 5.91 Å². The maximum atomic E-state index is 12.5. The molecule has 0 bridgehead atoms. The van der Waals surface area contributed by atoms with E-state index >= 15 is 0 Å². The lowest BCUT2D eigenvalue weighted by atomic mass is 10.1. The van der Waals surface area contributed by atoms with Gasteiger partial charge in [0.15, 0.2) is 11.5 Å². The zero-order chi connectivity index (χ0) is 23.0. The Hall–Kier alpha value is -3.98. The highest BCUT2D eigenvalue weighted by molar-refractivity contribution is 5.98. The Bertz CT molecular complexity index is 1230. The Morgan fingerprint density at radius 2 is 1.88 bits per heavy atom. The van der Waals surface area contributed by atoms with Crippen LogP contribution in [0.2, 0.25) is 0 Å². The van der Waals surface area contributed by atoms with Crippen LogP contribution in [-0.2, 0) is 16.1 Å². The topological polar surface area (TPSA) is 111 Å². The van der Waals surface area contributed by atoms with Gasteiger partial charge in [-0.25, -0.2) is 4.98 Å². The van der Waals surface area contributed by atoms with Gasteiger partial charge in [0, 0.05) is 31.4 Å². The molecule has 9 nitrogen and oxygen atoms in total. The minimum absolute atomic E-state index is 0.102. The molecule has 0 saturated heterocycles. The van der Waals surface area contributed by atoms with Crippen LogP contribution in [0.25, 0.3) is 22.4 Å². The van der Waals surface area contributed by atoms with Gasteiger partial charge in [-0.1, -0.05) is 47.6 Å². The Labute approximate surface area is 190 Å². The van der Waals surface area contributed by atoms with Gasteiger partial charge >= 0.3 is 0 Å². The van der Waals surface area contributed by atoms with Crippen LogP contribution in [0.4, 0.5) is 5.95 Å². The number of fused-ring (bicyclic) bond motifs is 1. The number of amides is 2. The average molecular weight is 447 g/mol. The van der Waals surface area contributed by atoms with Crippen LogP contribution in [0, 0.1) is 0 Å². The van der Waals surface area contributed by atoms with Crippen molar-refractivity contribution in [1.82, 2.24) is 20.0 Å². The predicted molar refractivity (Wildman–Crippen MR) is 124 cm³/mol. The summed E-state index contributed by atoms with van der Waals surface area (Å²) in [5, 5.41) is 9.16. The van der Waals surface area contributed by atoms with Crippen molar-refractivity contribution in [2.24, 2.45) is 0 Å². The van der Waals surface area contributed by atoms with Crippen molar-refractivity contribution >= 4 is 28.8 Å². The third kappa shape index (κ3) is 5.45. The van der Waals surface area contributed by atoms with Crippen molar-refractivity contribution in [3.8, 4) is 11.3 Å². The first-order valence-corrected chi connectivity index (χ1v) is 10.8. The third-order valence-corrected chi connectivity index (χ3v) is 4.99. The SMILES string of the molecule is CCOCCCn1c(NC(=O)CNC(=O)c2cc(-c3ccccc3)on2)nc2ccccc21. The van der Waals surface area contributed by atoms with E-state index < -0.39 is 11.8 Å². The number of benzene rings is 2. The molecular weight excluding hydrogens is 422 g/mol. The molecule has 4 rings (SSSR count). The Balaban J connectivity index is 1.38. The Kier molecular flexibility index (Phi) is 7.11. The lowest BCUT2D eigenvalue weighted by molar-refractivity contribution is -0.115. The summed E-state index contributed by atoms with van der Waals surface area (Å²) >= 11 is 0. The minimum Gasteiger partial charge on any atom is -0.382 e. The largest absolute Gasteiger partial charge is 0.382 e. The molecule has 0 aliphatic rings. The minimum atomic E-state index is -0.499. The predicted octanol–water partition coefficient (Wildman–Crippen LogP) is 3.49. The van der Waals surface area contributed by atoms with E-state index in [1.807, 2.05) is 66.1 Å². The van der Waals surface area contributed by atoms with Crippen molar-refractivity contribution < 1.29 is 18.8 Å². The van der Waals surface area contributed by atoms with Crippen LogP contribution >= 0.6 is 0 Å². The molecule has 0 radical (unpaired) electrons. The molecule has 0 unspecified atom stereocenters. The van der Waals surface area contributed by atoms with Crippen LogP contribution in [-0.4, -0.2) is 46.3 Å². The third-order valence-electron chi connectivity index (χ3n) is 4.99. The van der Waals surface area contributed by atoms with Crippen molar-refractivity contribution in [1.29, 1.82) is 0 Å². The van der Waals surface area contributed by atoms with Gasteiger partial charge < -0.3 is 19.1 Å². The first-order valence-electron chi connectivity index (χ1n) is 10.8. The standard InChI is InChI=1S/C24H25N5O4/c1-2-32-14-8-13-29-20-12-7-6-11-18(20)26-24(29)27-22(30)16-25-23(31)19-15-21(33-28-19)17-9-4-3-5-10-17/h3-7,9-12,15H,2,8,13-14,16H2,1H3,(H,25,31)(H,26,27,30). The van der Waals surface area contributed by atoms with Crippen LogP contribution in [0.3, 0.4) is 0 Å². The first-order chi connectivity index (χ1) is 16.2. The molecule has 33 heavy (non-hydrogen) atoms. The van der Waals surface area contributed by atoms with Crippen molar-refractivity contribution in [3.05, 3.63) is 66.4 Å². The number of hydrogen-bond donors (Lipinski definition) is 2. The number of aromatic nitrogens is 3. The van der Waals surface area contributed by atoms with E-state index in [4.69, 9.17) is 9.26 Å². The summed E-state index contributed by atoms with van der Waals surface area (Å²) in [6.45, 7) is 3.65. The molecule has 2 amide bonds. The fraction of sp³-hybridized carbons (Fsp3) is 0.250. The van der Waals surface area contributed by atoms with Gasteiger partial charge in [0.2, 0.25) is 11.9 Å². The molecule has 2 heterocycles. The molecule has 9 heteroatoms. The highest BCUT2D eigenvalue weighted by Crippen LogP contribution is 2.21. The van der Waals surface area contributed by atoms with E-state index in [1.54, 1.807) is 6.07 Å². The number of imidazole rings is 1. The number of nitrogens with one attached hydrogen (secondary N) is 2. The summed E-state index contributed by atoms with van der Waals surface area (Å²) in [5.74, 6) is 0.0171. The molecule has 0 aliphatic heterocycles. The van der Waals surface area contributed by atoms with Crippen LogP contribution in [0.1, 0.15) is 23.8 Å². The monoisotopic (exact) mass is 447 g/mol. The summed E-state index contributed by atoms with van der Waals surface area (Å²) < 4.78 is 12.6. The number of nitrogens with zero attached hydrogens (tertiary/aromatic N) is 3. The Morgan fingerprint density at radius 1 is 1.09 bits per heavy atom. The van der Waals surface area contributed by atoms with Gasteiger partial charge in [0.05, 0.1) is 17.6 Å². The second-order valence-electron chi connectivity index (χ2n) is 7.30. The van der Waals surface area contributed by atoms with Crippen molar-refractivity contribution in [2.45, 2.75) is 19.9 Å². The number of hydrogen-bond acceptors (Lipinski definition) is 6. The summed E-state index contributed by atoms with van der Waals surface area (Å²) in [5.41, 5.74) is 2.61. The van der Waals surface area contributed by atoms with Crippen LogP contribution in [0.15, 0.2) is 65.2 Å². The van der Waals surface area contributed by atoms with E-state index in [2.05, 4.69) is 20.8 Å². The van der Waals surface area contributed by atoms with Gasteiger partial charge in [0.1, 0.15) is 0 Å². The fourth-order valence-electron chi connectivity index (χ4n) is 3.41. The van der Waals surface area contributed by atoms with Crippen LogP contribution in [0.5, 0.6) is 0 Å². The highest BCUT2D eigenvalue weighted by Gasteiger charge is 2.17. The van der Waals surface area contributed by atoms with Crippen molar-refractivity contribution in [2.75, 3.05) is 25.1 Å². The number of carbonyl (C=O) groups excluding carboxylic acids is 2. The lowest BCUT2D eigenvalue weighted by Crippen LogP contribution is -2.33. The quantitative estimate of drug-likeness (QED) is 0.360. The molecular formula is C24H25N5O4. The molecule has 0 spiro atoms. The van der Waals surface area contributed by atoms with E-state index in [9.17, 15) is 9.59 Å². The van der Waals surface area contributed by atoms with Gasteiger partial charge in [-0.3, -0.25) is 14.9 Å². The maximum absolute atomic E-state index is 12.5. The fourth-order valence-corrected chi connectivity index (χ4v) is 3.41. The van der Waals surface area contributed by atoms with Gasteiger partial charge in [-0.15, -0.1) is 0 Å². The lowest BCUT2D eigenvalue weighted by Gasteiger charge is -2.10. The number of aryl methyl sites for hydroxylation is 1. The van der Waals surface area contributed by atoms with Crippen molar-refractivity contribution in [3.63, 3.8) is 0 Å². The summed E-state index contributed by atoms with van der Waals surface area (Å²) in [4.78, 5) is 29.5. The maximum Gasteiger partial charge on any atom is 0.273 e. The molecule has 0 fully saturated rings. The smallest absolute Gasteiger partial charge is 0.273 e. The first kappa shape index (κ1) is 22.2. The highest BCUT2D eigenvalue weighted by atomic mass is 16.5. The molecule has 2 aromatic carbocycles. The molecule has 170 valence electrons. The molecule has 2 aromatic heterocycles. The van der Waals surface area contributed by atoms with Crippen LogP contribution < -0.4 is 10.6 Å². The number of rotatable bonds is 10. The average Bonchev–Trinajstić information content (AvgIpc) is 3.46. The molecule has 0 atom stereocenters. The Morgan fingerprint density at radius 3 is 2.70 bits per heavy atom. The molecule has 0 aliphatic carbocycles. The van der Waals surface area contributed by atoms with E-state index in [1.165, 1.54) is 0 Å². The van der Waals surface area contributed by atoms with Gasteiger partial charge in [-0.05, 0) is 25.5 Å². The summed E-state index contributed by atoms with van der Waals surface area (Å²) in [7, 11) is 0. The second kappa shape index (κ2) is 10.6. The number of ether oxygens (including phenoxy) is 1. The normalized spacial score (nSPS) is 10.9. The number of anilines is 1. The van der Waals surface area contributed by atoms with E-state index in [0.717, 1.165) is 23.0 Å². The molecule has 4 aromatic rings. The second-order valence-corrected chi connectivity index (χ2v) is 7.30. The number of para-hydroxylation sites is 2. The van der Waals surface area contributed by atoms with E-state index in [-0.39, 0.29) is 12.2 Å². The zero-order valence-corrected chi connectivity index (χ0v) is 18.3. The molecule has 2 N–H and O–H groups in total. The summed E-state index contributed by atoms with van der Waals surface area (Å²) in [6, 6.07) is 18.5. The summed E-state index contributed by atoms with van der Waals surface area (Å²) in [6.07, 6.45) is 0.781. The zero-order valence-electron chi connectivity index (χ0n) is 18.3.